The number of nitrogens with zero attached hydrogens (tertiary/aromatic N) is 2. The van der Waals surface area contributed by atoms with Gasteiger partial charge in [-0.25, -0.2) is 0 Å². The SMILES string of the molecule is O=C1[C@@H]2[C@H](C(=O)N1c1ccc([N+](=O)[O-])cc1)[C@@H]1C=C[C@H]2CCC1. The first kappa shape index (κ1) is 14.1. The zero-order valence-electron chi connectivity index (χ0n) is 12.4. The quantitative estimate of drug-likeness (QED) is 0.364. The molecule has 4 atom stereocenters. The molecule has 2 amide bonds. The van der Waals surface area contributed by atoms with Crippen LogP contribution in [-0.4, -0.2) is 16.7 Å². The van der Waals surface area contributed by atoms with Crippen LogP contribution in [0, 0.1) is 33.8 Å². The van der Waals surface area contributed by atoms with Gasteiger partial charge in [-0.05, 0) is 36.8 Å². The lowest BCUT2D eigenvalue weighted by atomic mass is 9.73. The van der Waals surface area contributed by atoms with Gasteiger partial charge < -0.3 is 0 Å². The van der Waals surface area contributed by atoms with Crippen molar-refractivity contribution in [2.75, 3.05) is 4.90 Å². The molecular formula is C17H16N2O4. The molecule has 4 aliphatic rings. The van der Waals surface area contributed by atoms with Gasteiger partial charge in [-0.1, -0.05) is 18.6 Å². The van der Waals surface area contributed by atoms with Gasteiger partial charge in [-0.15, -0.1) is 0 Å². The Balaban J connectivity index is 1.70. The summed E-state index contributed by atoms with van der Waals surface area (Å²) in [6.07, 6.45) is 7.14. The average molecular weight is 312 g/mol. The van der Waals surface area contributed by atoms with Crippen LogP contribution in [0.1, 0.15) is 19.3 Å². The summed E-state index contributed by atoms with van der Waals surface area (Å²) >= 11 is 0. The Labute approximate surface area is 132 Å². The molecular weight excluding hydrogens is 296 g/mol. The van der Waals surface area contributed by atoms with E-state index in [9.17, 15) is 19.7 Å². The Kier molecular flexibility index (Phi) is 3.07. The van der Waals surface area contributed by atoms with Gasteiger partial charge in [0.25, 0.3) is 5.69 Å². The van der Waals surface area contributed by atoms with Gasteiger partial charge in [-0.2, -0.15) is 0 Å². The van der Waals surface area contributed by atoms with Crippen molar-refractivity contribution >= 4 is 23.2 Å². The van der Waals surface area contributed by atoms with Crippen LogP contribution in [0.4, 0.5) is 11.4 Å². The minimum atomic E-state index is -0.495. The number of amides is 2. The molecule has 1 saturated heterocycles. The number of imide groups is 1. The highest BCUT2D eigenvalue weighted by Gasteiger charge is 2.55. The molecule has 1 saturated carbocycles. The van der Waals surface area contributed by atoms with E-state index in [0.29, 0.717) is 5.69 Å². The number of carbonyl (C=O) groups excluding carboxylic acids is 2. The highest BCUT2D eigenvalue weighted by molar-refractivity contribution is 6.22. The summed E-state index contributed by atoms with van der Waals surface area (Å²) in [6.45, 7) is 0. The van der Waals surface area contributed by atoms with Crippen LogP contribution < -0.4 is 4.90 Å². The van der Waals surface area contributed by atoms with Gasteiger partial charge in [0.1, 0.15) is 0 Å². The third-order valence-electron chi connectivity index (χ3n) is 5.32. The van der Waals surface area contributed by atoms with Crippen LogP contribution in [-0.2, 0) is 9.59 Å². The maximum atomic E-state index is 12.8. The number of allylic oxidation sites excluding steroid dienone is 2. The Hall–Kier alpha value is -2.50. The monoisotopic (exact) mass is 312 g/mol. The van der Waals surface area contributed by atoms with E-state index in [1.165, 1.54) is 29.2 Å². The Morgan fingerprint density at radius 3 is 1.96 bits per heavy atom. The standard InChI is InChI=1S/C17H16N2O4/c20-16-14-10-2-1-3-11(5-4-10)15(14)17(21)18(16)12-6-8-13(9-7-12)19(22)23/h4-11,14-15H,1-3H2/t10-,11+,14+,15-. The van der Waals surface area contributed by atoms with Crippen LogP contribution in [0.5, 0.6) is 0 Å². The Morgan fingerprint density at radius 1 is 0.957 bits per heavy atom. The molecule has 0 unspecified atom stereocenters. The number of rotatable bonds is 2. The molecule has 2 fully saturated rings. The number of nitro groups is 1. The molecule has 1 aromatic rings. The van der Waals surface area contributed by atoms with Crippen LogP contribution >= 0.6 is 0 Å². The first-order valence-corrected chi connectivity index (χ1v) is 7.88. The van der Waals surface area contributed by atoms with Gasteiger partial charge in [0.05, 0.1) is 22.4 Å². The van der Waals surface area contributed by atoms with Gasteiger partial charge in [0.15, 0.2) is 0 Å². The van der Waals surface area contributed by atoms with E-state index in [1.807, 2.05) is 0 Å². The molecule has 0 N–H and O–H groups in total. The summed E-state index contributed by atoms with van der Waals surface area (Å²) < 4.78 is 0. The number of anilines is 1. The van der Waals surface area contributed by atoms with E-state index in [2.05, 4.69) is 12.2 Å². The van der Waals surface area contributed by atoms with Crippen LogP contribution in [0.2, 0.25) is 0 Å². The minimum absolute atomic E-state index is 0.0520. The highest BCUT2D eigenvalue weighted by Crippen LogP contribution is 2.48. The predicted molar refractivity (Wildman–Crippen MR) is 82.5 cm³/mol. The van der Waals surface area contributed by atoms with E-state index >= 15 is 0 Å². The minimum Gasteiger partial charge on any atom is -0.274 e. The highest BCUT2D eigenvalue weighted by atomic mass is 16.6. The van der Waals surface area contributed by atoms with E-state index in [-0.39, 0.29) is 41.2 Å². The molecule has 2 bridgehead atoms. The van der Waals surface area contributed by atoms with Crippen LogP contribution in [0.25, 0.3) is 0 Å². The number of carbonyl (C=O) groups is 2. The van der Waals surface area contributed by atoms with Crippen molar-refractivity contribution in [3.05, 3.63) is 46.5 Å². The summed E-state index contributed by atoms with van der Waals surface area (Å²) in [5.41, 5.74) is 0.377. The number of fused-ring (bicyclic) bond motifs is 2. The fourth-order valence-electron chi connectivity index (χ4n) is 4.26. The van der Waals surface area contributed by atoms with Crippen molar-refractivity contribution in [2.24, 2.45) is 23.7 Å². The van der Waals surface area contributed by atoms with Crippen molar-refractivity contribution < 1.29 is 14.5 Å². The van der Waals surface area contributed by atoms with Gasteiger partial charge in [0.2, 0.25) is 11.8 Å². The molecule has 6 nitrogen and oxygen atoms in total. The van der Waals surface area contributed by atoms with Crippen molar-refractivity contribution in [2.45, 2.75) is 19.3 Å². The lowest BCUT2D eigenvalue weighted by molar-refractivity contribution is -0.384. The molecule has 5 rings (SSSR count). The average Bonchev–Trinajstić information content (AvgIpc) is 2.75. The molecule has 0 spiro atoms. The first-order valence-electron chi connectivity index (χ1n) is 7.88. The topological polar surface area (TPSA) is 80.5 Å². The number of non-ortho nitro benzene ring substituents is 1. The summed E-state index contributed by atoms with van der Waals surface area (Å²) in [5.74, 6) is -0.577. The van der Waals surface area contributed by atoms with Crippen molar-refractivity contribution in [3.8, 4) is 0 Å². The van der Waals surface area contributed by atoms with E-state index in [0.717, 1.165) is 19.3 Å². The third kappa shape index (κ3) is 2.01. The summed E-state index contributed by atoms with van der Waals surface area (Å²) in [6, 6.07) is 5.62. The third-order valence-corrected chi connectivity index (χ3v) is 5.32. The van der Waals surface area contributed by atoms with Gasteiger partial charge >= 0.3 is 0 Å². The Bertz CT molecular complexity index is 693. The molecule has 1 heterocycles. The molecule has 0 radical (unpaired) electrons. The number of nitro benzene ring substituents is 1. The molecule has 118 valence electrons. The number of hydrogen-bond donors (Lipinski definition) is 0. The first-order chi connectivity index (χ1) is 11.1. The maximum absolute atomic E-state index is 12.8. The van der Waals surface area contributed by atoms with Gasteiger partial charge in [-0.3, -0.25) is 24.6 Å². The zero-order chi connectivity index (χ0) is 16.1. The van der Waals surface area contributed by atoms with Crippen molar-refractivity contribution in [3.63, 3.8) is 0 Å². The molecule has 1 aromatic carbocycles. The zero-order valence-corrected chi connectivity index (χ0v) is 12.4. The predicted octanol–water partition coefficient (Wildman–Crippen LogP) is 2.69. The van der Waals surface area contributed by atoms with E-state index in [4.69, 9.17) is 0 Å². The van der Waals surface area contributed by atoms with Crippen molar-refractivity contribution in [1.29, 1.82) is 0 Å². The lowest BCUT2D eigenvalue weighted by Gasteiger charge is -2.27. The summed E-state index contributed by atoms with van der Waals surface area (Å²) in [4.78, 5) is 37.2. The molecule has 23 heavy (non-hydrogen) atoms. The molecule has 6 heteroatoms. The lowest BCUT2D eigenvalue weighted by Crippen LogP contribution is -2.32. The fourth-order valence-corrected chi connectivity index (χ4v) is 4.26. The summed E-state index contributed by atoms with van der Waals surface area (Å²) in [5, 5.41) is 10.7. The van der Waals surface area contributed by atoms with E-state index < -0.39 is 4.92 Å². The second kappa shape index (κ2) is 5.01. The smallest absolute Gasteiger partial charge is 0.269 e. The summed E-state index contributed by atoms with van der Waals surface area (Å²) in [7, 11) is 0. The van der Waals surface area contributed by atoms with Crippen LogP contribution in [0.3, 0.4) is 0 Å². The van der Waals surface area contributed by atoms with Crippen molar-refractivity contribution in [1.82, 2.24) is 0 Å². The molecule has 0 aromatic heterocycles. The number of benzene rings is 1. The Morgan fingerprint density at radius 2 is 1.48 bits per heavy atom. The van der Waals surface area contributed by atoms with E-state index in [1.54, 1.807) is 0 Å². The normalized spacial score (nSPS) is 32.1. The van der Waals surface area contributed by atoms with Crippen LogP contribution in [0.15, 0.2) is 36.4 Å². The van der Waals surface area contributed by atoms with Gasteiger partial charge in [0, 0.05) is 12.1 Å². The molecule has 1 aliphatic heterocycles. The second-order valence-electron chi connectivity index (χ2n) is 6.48. The maximum Gasteiger partial charge on any atom is 0.269 e. The molecule has 3 aliphatic carbocycles. The fraction of sp³-hybridized carbons (Fsp3) is 0.412. The second-order valence-corrected chi connectivity index (χ2v) is 6.48. The number of hydrogen-bond acceptors (Lipinski definition) is 4. The largest absolute Gasteiger partial charge is 0.274 e.